The van der Waals surface area contributed by atoms with Gasteiger partial charge in [0, 0.05) is 17.5 Å². The summed E-state index contributed by atoms with van der Waals surface area (Å²) in [5, 5.41) is 0. The fourth-order valence-electron chi connectivity index (χ4n) is 4.28. The molecule has 29 heavy (non-hydrogen) atoms. The molecule has 3 heteroatoms. The molecule has 0 radical (unpaired) electrons. The lowest BCUT2D eigenvalue weighted by Gasteiger charge is -2.38. The quantitative estimate of drug-likeness (QED) is 0.409. The molecule has 1 atom stereocenters. The molecule has 0 spiro atoms. The van der Waals surface area contributed by atoms with Gasteiger partial charge in [0.2, 0.25) is 0 Å². The number of para-hydroxylation sites is 1. The first-order valence-electron chi connectivity index (χ1n) is 10.2. The summed E-state index contributed by atoms with van der Waals surface area (Å²) in [5.74, 6) is 1.91. The van der Waals surface area contributed by atoms with E-state index in [1.54, 1.807) is 0 Å². The minimum atomic E-state index is -0.580. The van der Waals surface area contributed by atoms with Crippen LogP contribution in [0, 0.1) is 0 Å². The highest BCUT2D eigenvalue weighted by atomic mass is 16.5. The zero-order valence-electron chi connectivity index (χ0n) is 17.3. The van der Waals surface area contributed by atoms with Gasteiger partial charge in [0.05, 0.1) is 5.54 Å². The van der Waals surface area contributed by atoms with Gasteiger partial charge in [-0.3, -0.25) is 9.69 Å². The summed E-state index contributed by atoms with van der Waals surface area (Å²) >= 11 is 0. The summed E-state index contributed by atoms with van der Waals surface area (Å²) in [6.45, 7) is 2.10. The highest BCUT2D eigenvalue weighted by Crippen LogP contribution is 2.37. The zero-order valence-corrected chi connectivity index (χ0v) is 17.3. The Kier molecular flexibility index (Phi) is 5.25. The lowest BCUT2D eigenvalue weighted by molar-refractivity contribution is 0.0666. The van der Waals surface area contributed by atoms with Gasteiger partial charge in [-0.2, -0.15) is 0 Å². The second-order valence-corrected chi connectivity index (χ2v) is 7.98. The van der Waals surface area contributed by atoms with Crippen molar-refractivity contribution in [3.63, 3.8) is 0 Å². The molecule has 4 rings (SSSR count). The van der Waals surface area contributed by atoms with Crippen LogP contribution in [0.15, 0.2) is 72.8 Å². The van der Waals surface area contributed by atoms with Crippen LogP contribution in [0.1, 0.15) is 40.4 Å². The fraction of sp³-hybridized carbons (Fsp3) is 0.269. The fourth-order valence-corrected chi connectivity index (χ4v) is 4.28. The summed E-state index contributed by atoms with van der Waals surface area (Å²) in [4.78, 5) is 15.9. The summed E-state index contributed by atoms with van der Waals surface area (Å²) < 4.78 is 6.05. The number of hydrogen-bond donors (Lipinski definition) is 0. The molecule has 3 aromatic rings. The number of likely N-dealkylation sites (N-methyl/N-ethyl adjacent to an activating group) is 1. The summed E-state index contributed by atoms with van der Waals surface area (Å²) in [6.07, 6.45) is 2.21. The Morgan fingerprint density at radius 1 is 0.931 bits per heavy atom. The van der Waals surface area contributed by atoms with Crippen molar-refractivity contribution in [3.05, 3.63) is 95.1 Å². The Morgan fingerprint density at radius 3 is 2.34 bits per heavy atom. The first kappa shape index (κ1) is 19.4. The third-order valence-electron chi connectivity index (χ3n) is 6.10. The predicted molar refractivity (Wildman–Crippen MR) is 117 cm³/mol. The predicted octanol–water partition coefficient (Wildman–Crippen LogP) is 5.52. The number of hydrogen-bond acceptors (Lipinski definition) is 3. The van der Waals surface area contributed by atoms with E-state index in [2.05, 4.69) is 30.0 Å². The van der Waals surface area contributed by atoms with Crippen LogP contribution in [0.4, 0.5) is 0 Å². The van der Waals surface area contributed by atoms with Gasteiger partial charge in [0.25, 0.3) is 0 Å². The third kappa shape index (κ3) is 3.58. The molecule has 0 fully saturated rings. The topological polar surface area (TPSA) is 29.5 Å². The maximum absolute atomic E-state index is 13.8. The number of carbonyl (C=O) groups excluding carboxylic acids is 1. The maximum Gasteiger partial charge on any atom is 0.183 e. The number of ketones is 1. The Balaban J connectivity index is 1.69. The van der Waals surface area contributed by atoms with Gasteiger partial charge < -0.3 is 4.74 Å². The minimum Gasteiger partial charge on any atom is -0.457 e. The van der Waals surface area contributed by atoms with E-state index in [1.807, 2.05) is 68.7 Å². The first-order chi connectivity index (χ1) is 14.0. The van der Waals surface area contributed by atoms with Crippen LogP contribution in [0.5, 0.6) is 11.5 Å². The molecule has 0 saturated carbocycles. The molecule has 1 heterocycles. The molecule has 1 unspecified atom stereocenters. The van der Waals surface area contributed by atoms with Gasteiger partial charge in [-0.25, -0.2) is 0 Å². The first-order valence-corrected chi connectivity index (χ1v) is 10.2. The molecule has 3 aromatic carbocycles. The SMILES string of the molecule is CCC(Cc1ccccc1)(C(=O)c1ccc2c(c1)Cc1ccccc1O2)N(C)C. The average Bonchev–Trinajstić information content (AvgIpc) is 2.75. The van der Waals surface area contributed by atoms with Crippen LogP contribution in [0.25, 0.3) is 0 Å². The van der Waals surface area contributed by atoms with E-state index >= 15 is 0 Å². The minimum absolute atomic E-state index is 0.163. The highest BCUT2D eigenvalue weighted by molar-refractivity contribution is 6.03. The van der Waals surface area contributed by atoms with Gasteiger partial charge in [0.15, 0.2) is 5.78 Å². The average molecular weight is 386 g/mol. The Bertz CT molecular complexity index is 1030. The van der Waals surface area contributed by atoms with E-state index in [1.165, 1.54) is 5.56 Å². The van der Waals surface area contributed by atoms with Gasteiger partial charge in [-0.05, 0) is 62.3 Å². The van der Waals surface area contributed by atoms with Crippen molar-refractivity contribution >= 4 is 5.78 Å². The van der Waals surface area contributed by atoms with Crippen LogP contribution in [0.3, 0.4) is 0 Å². The number of benzene rings is 3. The number of carbonyl (C=O) groups is 1. The van der Waals surface area contributed by atoms with Crippen molar-refractivity contribution in [2.75, 3.05) is 14.1 Å². The largest absolute Gasteiger partial charge is 0.457 e. The van der Waals surface area contributed by atoms with Crippen LogP contribution in [-0.2, 0) is 12.8 Å². The van der Waals surface area contributed by atoms with Crippen LogP contribution >= 0.6 is 0 Å². The van der Waals surface area contributed by atoms with Crippen molar-refractivity contribution in [2.24, 2.45) is 0 Å². The van der Waals surface area contributed by atoms with Gasteiger partial charge in [-0.15, -0.1) is 0 Å². The normalized spacial score (nSPS) is 14.5. The molecule has 0 aromatic heterocycles. The van der Waals surface area contributed by atoms with Gasteiger partial charge in [0.1, 0.15) is 11.5 Å². The number of fused-ring (bicyclic) bond motifs is 2. The zero-order chi connectivity index (χ0) is 20.4. The molecule has 0 N–H and O–H groups in total. The van der Waals surface area contributed by atoms with E-state index in [0.717, 1.165) is 41.0 Å². The van der Waals surface area contributed by atoms with E-state index in [9.17, 15) is 4.79 Å². The van der Waals surface area contributed by atoms with E-state index in [0.29, 0.717) is 6.42 Å². The molecule has 1 aliphatic heterocycles. The molecule has 0 amide bonds. The molecule has 3 nitrogen and oxygen atoms in total. The Morgan fingerprint density at radius 2 is 1.62 bits per heavy atom. The number of rotatable bonds is 6. The summed E-state index contributed by atoms with van der Waals surface area (Å²) in [6, 6.07) is 24.2. The van der Waals surface area contributed by atoms with E-state index < -0.39 is 5.54 Å². The number of nitrogens with zero attached hydrogens (tertiary/aromatic N) is 1. The highest BCUT2D eigenvalue weighted by Gasteiger charge is 2.39. The molecule has 148 valence electrons. The molecule has 1 aliphatic rings. The molecule has 0 saturated heterocycles. The Hall–Kier alpha value is -2.91. The van der Waals surface area contributed by atoms with Crippen LogP contribution in [0.2, 0.25) is 0 Å². The molecule has 0 aliphatic carbocycles. The van der Waals surface area contributed by atoms with Crippen LogP contribution in [-0.4, -0.2) is 30.3 Å². The van der Waals surface area contributed by atoms with E-state index in [4.69, 9.17) is 4.74 Å². The number of ether oxygens (including phenoxy) is 1. The van der Waals surface area contributed by atoms with Crippen molar-refractivity contribution < 1.29 is 9.53 Å². The maximum atomic E-state index is 13.8. The van der Waals surface area contributed by atoms with Crippen molar-refractivity contribution in [1.29, 1.82) is 0 Å². The monoisotopic (exact) mass is 385 g/mol. The summed E-state index contributed by atoms with van der Waals surface area (Å²) in [7, 11) is 4.00. The van der Waals surface area contributed by atoms with E-state index in [-0.39, 0.29) is 5.78 Å². The standard InChI is InChI=1S/C26H27NO2/c1-4-26(27(2)3,18-19-10-6-5-7-11-19)25(28)21-14-15-24-22(17-21)16-20-12-8-9-13-23(20)29-24/h5-15,17H,4,16,18H2,1-3H3. The second-order valence-electron chi connectivity index (χ2n) is 7.98. The Labute approximate surface area is 172 Å². The molecular formula is C26H27NO2. The van der Waals surface area contributed by atoms with Crippen LogP contribution < -0.4 is 4.74 Å². The van der Waals surface area contributed by atoms with Gasteiger partial charge in [-0.1, -0.05) is 55.5 Å². The van der Waals surface area contributed by atoms with Crippen molar-refractivity contribution in [1.82, 2.24) is 4.90 Å². The molecule has 0 bridgehead atoms. The number of Topliss-reactive ketones (excluding diaryl/α,β-unsaturated/α-hetero) is 1. The van der Waals surface area contributed by atoms with Crippen molar-refractivity contribution in [2.45, 2.75) is 31.7 Å². The molecular weight excluding hydrogens is 358 g/mol. The smallest absolute Gasteiger partial charge is 0.183 e. The second kappa shape index (κ2) is 7.84. The lowest BCUT2D eigenvalue weighted by atomic mass is 9.79. The third-order valence-corrected chi connectivity index (χ3v) is 6.10. The van der Waals surface area contributed by atoms with Gasteiger partial charge >= 0.3 is 0 Å². The lowest BCUT2D eigenvalue weighted by Crippen LogP contribution is -2.52. The van der Waals surface area contributed by atoms with Crippen molar-refractivity contribution in [3.8, 4) is 11.5 Å². The summed E-state index contributed by atoms with van der Waals surface area (Å²) in [5.41, 5.74) is 3.56.